The molecule has 1 N–H and O–H groups in total. The van der Waals surface area contributed by atoms with E-state index in [0.29, 0.717) is 5.69 Å². The van der Waals surface area contributed by atoms with E-state index in [0.717, 1.165) is 4.96 Å². The van der Waals surface area contributed by atoms with Gasteiger partial charge in [-0.3, -0.25) is 14.0 Å². The molecule has 7 heteroatoms. The third-order valence-corrected chi connectivity index (χ3v) is 2.91. The number of fused-ring (bicyclic) bond motifs is 1. The van der Waals surface area contributed by atoms with Crippen molar-refractivity contribution in [3.63, 3.8) is 0 Å². The number of aromatic nitrogens is 2. The number of carbonyl (C=O) groups excluding carboxylic acids is 2. The van der Waals surface area contributed by atoms with Gasteiger partial charge < -0.3 is 10.1 Å². The van der Waals surface area contributed by atoms with Crippen molar-refractivity contribution in [3.05, 3.63) is 23.5 Å². The molecule has 1 amide bonds. The lowest BCUT2D eigenvalue weighted by atomic mass is 10.3. The summed E-state index contributed by atoms with van der Waals surface area (Å²) in [4.78, 5) is 27.4. The van der Waals surface area contributed by atoms with Crippen LogP contribution in [0.5, 0.6) is 0 Å². The zero-order chi connectivity index (χ0) is 12.3. The number of hydrogen-bond donors (Lipinski definition) is 1. The minimum absolute atomic E-state index is 0.114. The van der Waals surface area contributed by atoms with Crippen LogP contribution in [-0.4, -0.2) is 34.9 Å². The Morgan fingerprint density at radius 1 is 1.59 bits per heavy atom. The molecule has 2 aromatic heterocycles. The standard InChI is InChI=1S/C10H11N3O3S/c1-16-9(15)5-11-8(14)4-7-6-13-2-3-17-10(13)12-7/h2-3,6H,4-5H2,1H3,(H,11,14). The molecular weight excluding hydrogens is 242 g/mol. The van der Waals surface area contributed by atoms with Gasteiger partial charge in [-0.1, -0.05) is 0 Å². The molecule has 0 aliphatic heterocycles. The first-order valence-corrected chi connectivity index (χ1v) is 5.81. The van der Waals surface area contributed by atoms with E-state index in [9.17, 15) is 9.59 Å². The predicted octanol–water partition coefficient (Wildman–Crippen LogP) is 0.227. The van der Waals surface area contributed by atoms with Crippen LogP contribution in [0.25, 0.3) is 4.96 Å². The molecule has 0 radical (unpaired) electrons. The van der Waals surface area contributed by atoms with Crippen LogP contribution in [-0.2, 0) is 20.7 Å². The summed E-state index contributed by atoms with van der Waals surface area (Å²) in [5, 5.41) is 4.38. The van der Waals surface area contributed by atoms with Gasteiger partial charge in [0, 0.05) is 17.8 Å². The fourth-order valence-corrected chi connectivity index (χ4v) is 2.05. The zero-order valence-corrected chi connectivity index (χ0v) is 9.99. The Morgan fingerprint density at radius 2 is 2.41 bits per heavy atom. The number of nitrogens with zero attached hydrogens (tertiary/aromatic N) is 2. The lowest BCUT2D eigenvalue weighted by molar-refractivity contribution is -0.141. The van der Waals surface area contributed by atoms with Gasteiger partial charge in [-0.15, -0.1) is 11.3 Å². The summed E-state index contributed by atoms with van der Waals surface area (Å²) in [6.07, 6.45) is 3.83. The Balaban J connectivity index is 1.90. The van der Waals surface area contributed by atoms with E-state index in [1.165, 1.54) is 18.4 Å². The Hall–Kier alpha value is -1.89. The molecule has 90 valence electrons. The molecule has 17 heavy (non-hydrogen) atoms. The van der Waals surface area contributed by atoms with Crippen LogP contribution in [0.2, 0.25) is 0 Å². The van der Waals surface area contributed by atoms with Crippen LogP contribution >= 0.6 is 11.3 Å². The zero-order valence-electron chi connectivity index (χ0n) is 9.17. The van der Waals surface area contributed by atoms with Gasteiger partial charge in [0.2, 0.25) is 5.91 Å². The first-order valence-electron chi connectivity index (χ1n) is 4.93. The number of rotatable bonds is 4. The Morgan fingerprint density at radius 3 is 3.12 bits per heavy atom. The minimum atomic E-state index is -0.468. The van der Waals surface area contributed by atoms with Gasteiger partial charge in [-0.25, -0.2) is 4.98 Å². The molecule has 0 aliphatic carbocycles. The minimum Gasteiger partial charge on any atom is -0.468 e. The van der Waals surface area contributed by atoms with Crippen molar-refractivity contribution < 1.29 is 14.3 Å². The third-order valence-electron chi connectivity index (χ3n) is 2.14. The number of imidazole rings is 1. The molecule has 2 rings (SSSR count). The quantitative estimate of drug-likeness (QED) is 0.791. The summed E-state index contributed by atoms with van der Waals surface area (Å²) >= 11 is 1.50. The molecule has 0 saturated heterocycles. The molecule has 0 aliphatic rings. The SMILES string of the molecule is COC(=O)CNC(=O)Cc1cn2ccsc2n1. The molecule has 0 unspecified atom stereocenters. The largest absolute Gasteiger partial charge is 0.468 e. The maximum atomic E-state index is 11.5. The Kier molecular flexibility index (Phi) is 3.38. The molecule has 0 aromatic carbocycles. The summed E-state index contributed by atoms with van der Waals surface area (Å²) in [6.45, 7) is -0.114. The number of esters is 1. The van der Waals surface area contributed by atoms with Gasteiger partial charge in [0.15, 0.2) is 4.96 Å². The topological polar surface area (TPSA) is 72.7 Å². The molecular formula is C10H11N3O3S. The lowest BCUT2D eigenvalue weighted by Crippen LogP contribution is -2.31. The van der Waals surface area contributed by atoms with Crippen molar-refractivity contribution in [2.24, 2.45) is 0 Å². The molecule has 0 fully saturated rings. The van der Waals surface area contributed by atoms with E-state index in [1.54, 1.807) is 6.20 Å². The summed E-state index contributed by atoms with van der Waals surface area (Å²) < 4.78 is 6.27. The second-order valence-corrected chi connectivity index (χ2v) is 4.23. The van der Waals surface area contributed by atoms with E-state index in [4.69, 9.17) is 0 Å². The second kappa shape index (κ2) is 4.96. The van der Waals surface area contributed by atoms with E-state index in [1.807, 2.05) is 16.0 Å². The number of methoxy groups -OCH3 is 1. The normalized spacial score (nSPS) is 10.4. The second-order valence-electron chi connectivity index (χ2n) is 3.35. The highest BCUT2D eigenvalue weighted by Crippen LogP contribution is 2.11. The van der Waals surface area contributed by atoms with Gasteiger partial charge in [-0.05, 0) is 0 Å². The van der Waals surface area contributed by atoms with Crippen molar-refractivity contribution in [2.75, 3.05) is 13.7 Å². The van der Waals surface area contributed by atoms with Crippen LogP contribution in [0.1, 0.15) is 5.69 Å². The van der Waals surface area contributed by atoms with Crippen molar-refractivity contribution in [2.45, 2.75) is 6.42 Å². The predicted molar refractivity (Wildman–Crippen MR) is 61.8 cm³/mol. The lowest BCUT2D eigenvalue weighted by Gasteiger charge is -2.01. The van der Waals surface area contributed by atoms with Crippen LogP contribution in [0, 0.1) is 0 Å². The Labute approximate surface area is 101 Å². The van der Waals surface area contributed by atoms with E-state index < -0.39 is 5.97 Å². The highest BCUT2D eigenvalue weighted by molar-refractivity contribution is 7.15. The maximum Gasteiger partial charge on any atom is 0.325 e. The van der Waals surface area contributed by atoms with Crippen LogP contribution in [0.3, 0.4) is 0 Å². The number of carbonyl (C=O) groups is 2. The van der Waals surface area contributed by atoms with Crippen LogP contribution in [0.15, 0.2) is 17.8 Å². The van der Waals surface area contributed by atoms with Gasteiger partial charge in [0.1, 0.15) is 6.54 Å². The van der Waals surface area contributed by atoms with Crippen molar-refractivity contribution in [3.8, 4) is 0 Å². The first kappa shape index (κ1) is 11.6. The van der Waals surface area contributed by atoms with Crippen LogP contribution < -0.4 is 5.32 Å². The highest BCUT2D eigenvalue weighted by atomic mass is 32.1. The fourth-order valence-electron chi connectivity index (χ4n) is 1.33. The molecule has 0 spiro atoms. The summed E-state index contributed by atoms with van der Waals surface area (Å²) in [7, 11) is 1.28. The van der Waals surface area contributed by atoms with E-state index >= 15 is 0 Å². The monoisotopic (exact) mass is 253 g/mol. The smallest absolute Gasteiger partial charge is 0.325 e. The molecule has 2 aromatic rings. The molecule has 6 nitrogen and oxygen atoms in total. The maximum absolute atomic E-state index is 11.5. The molecule has 0 bridgehead atoms. The fraction of sp³-hybridized carbons (Fsp3) is 0.300. The number of hydrogen-bond acceptors (Lipinski definition) is 5. The van der Waals surface area contributed by atoms with Crippen molar-refractivity contribution in [1.29, 1.82) is 0 Å². The summed E-state index contributed by atoms with van der Waals surface area (Å²) in [6, 6.07) is 0. The van der Waals surface area contributed by atoms with E-state index in [-0.39, 0.29) is 18.9 Å². The number of thiazole rings is 1. The molecule has 0 atom stereocenters. The van der Waals surface area contributed by atoms with Crippen LogP contribution in [0.4, 0.5) is 0 Å². The summed E-state index contributed by atoms with van der Waals surface area (Å²) in [5.41, 5.74) is 0.680. The third kappa shape index (κ3) is 2.82. The molecule has 0 saturated carbocycles. The van der Waals surface area contributed by atoms with E-state index in [2.05, 4.69) is 15.0 Å². The van der Waals surface area contributed by atoms with Crippen molar-refractivity contribution in [1.82, 2.24) is 14.7 Å². The number of nitrogens with one attached hydrogen (secondary N) is 1. The van der Waals surface area contributed by atoms with Crippen molar-refractivity contribution >= 4 is 28.2 Å². The average molecular weight is 253 g/mol. The highest BCUT2D eigenvalue weighted by Gasteiger charge is 2.09. The van der Waals surface area contributed by atoms with Gasteiger partial charge in [0.05, 0.1) is 19.2 Å². The van der Waals surface area contributed by atoms with Gasteiger partial charge >= 0.3 is 5.97 Å². The number of ether oxygens (including phenoxy) is 1. The number of amides is 1. The average Bonchev–Trinajstić information content (AvgIpc) is 2.86. The summed E-state index contributed by atoms with van der Waals surface area (Å²) in [5.74, 6) is -0.717. The first-order chi connectivity index (χ1) is 8.19. The Bertz CT molecular complexity index is 517. The molecule has 2 heterocycles. The van der Waals surface area contributed by atoms with Gasteiger partial charge in [-0.2, -0.15) is 0 Å². The van der Waals surface area contributed by atoms with Gasteiger partial charge in [0.25, 0.3) is 0 Å².